The van der Waals surface area contributed by atoms with Crippen LogP contribution in [-0.4, -0.2) is 19.6 Å². The van der Waals surface area contributed by atoms with E-state index in [4.69, 9.17) is 10.7 Å². The Morgan fingerprint density at radius 3 is 2.88 bits per heavy atom. The van der Waals surface area contributed by atoms with Crippen molar-refractivity contribution in [2.75, 3.05) is 5.73 Å². The van der Waals surface area contributed by atoms with Crippen LogP contribution in [0.4, 0.5) is 5.82 Å². The van der Waals surface area contributed by atoms with E-state index in [9.17, 15) is 0 Å². The monoisotopic (exact) mass is 427 g/mol. The Hall–Kier alpha value is -1.99. The fourth-order valence-corrected chi connectivity index (χ4v) is 5.17. The summed E-state index contributed by atoms with van der Waals surface area (Å²) in [6.45, 7) is 0. The van der Waals surface area contributed by atoms with Crippen molar-refractivity contribution in [1.29, 1.82) is 0 Å². The highest BCUT2D eigenvalue weighted by molar-refractivity contribution is 9.10. The van der Waals surface area contributed by atoms with Crippen LogP contribution in [0.1, 0.15) is 43.7 Å². The molecule has 1 aliphatic rings. The number of fused-ring (bicyclic) bond motifs is 2. The van der Waals surface area contributed by atoms with Gasteiger partial charge in [0.15, 0.2) is 5.65 Å². The minimum absolute atomic E-state index is 0.464. The Kier molecular flexibility index (Phi) is 3.94. The summed E-state index contributed by atoms with van der Waals surface area (Å²) in [6.07, 6.45) is 9.92. The first-order valence-electron chi connectivity index (χ1n) is 8.88. The van der Waals surface area contributed by atoms with Gasteiger partial charge in [0.25, 0.3) is 0 Å². The molecule has 4 heterocycles. The molecule has 5 nitrogen and oxygen atoms in total. The van der Waals surface area contributed by atoms with Gasteiger partial charge in [-0.25, -0.2) is 9.97 Å². The molecule has 0 bridgehead atoms. The van der Waals surface area contributed by atoms with E-state index in [1.165, 1.54) is 32.1 Å². The molecule has 0 saturated heterocycles. The van der Waals surface area contributed by atoms with Gasteiger partial charge in [-0.1, -0.05) is 19.3 Å². The van der Waals surface area contributed by atoms with Gasteiger partial charge >= 0.3 is 0 Å². The summed E-state index contributed by atoms with van der Waals surface area (Å²) < 4.78 is 2.61. The number of nitrogens with two attached hydrogens (primary N) is 1. The molecular formula is C19H18BrN5S. The molecule has 26 heavy (non-hydrogen) atoms. The quantitative estimate of drug-likeness (QED) is 0.464. The van der Waals surface area contributed by atoms with Gasteiger partial charge in [0.05, 0.1) is 16.4 Å². The van der Waals surface area contributed by atoms with Crippen LogP contribution in [0.25, 0.3) is 27.0 Å². The predicted molar refractivity (Wildman–Crippen MR) is 110 cm³/mol. The highest BCUT2D eigenvalue weighted by Crippen LogP contribution is 2.39. The number of hydrogen-bond donors (Lipinski definition) is 1. The molecule has 4 aromatic rings. The van der Waals surface area contributed by atoms with Crippen LogP contribution in [0.2, 0.25) is 0 Å². The van der Waals surface area contributed by atoms with Crippen molar-refractivity contribution in [2.24, 2.45) is 0 Å². The zero-order valence-electron chi connectivity index (χ0n) is 14.2. The second-order valence-corrected chi connectivity index (χ2v) is 8.55. The third-order valence-corrected chi connectivity index (χ3v) is 6.91. The van der Waals surface area contributed by atoms with Crippen molar-refractivity contribution >= 4 is 48.9 Å². The molecular weight excluding hydrogens is 410 g/mol. The Bertz CT molecular complexity index is 1110. The summed E-state index contributed by atoms with van der Waals surface area (Å²) in [6, 6.07) is 4.24. The summed E-state index contributed by atoms with van der Waals surface area (Å²) in [7, 11) is 0. The van der Waals surface area contributed by atoms with Gasteiger partial charge in [0.2, 0.25) is 0 Å². The lowest BCUT2D eigenvalue weighted by Gasteiger charge is -2.22. The van der Waals surface area contributed by atoms with Crippen LogP contribution in [0.5, 0.6) is 0 Å². The summed E-state index contributed by atoms with van der Waals surface area (Å²) in [5.41, 5.74) is 10.3. The number of nitrogens with zero attached hydrogens (tertiary/aromatic N) is 4. The summed E-state index contributed by atoms with van der Waals surface area (Å²) in [5, 5.41) is 7.69. The fourth-order valence-electron chi connectivity index (χ4n) is 3.87. The lowest BCUT2D eigenvalue weighted by molar-refractivity contribution is 0.435. The third kappa shape index (κ3) is 2.53. The molecule has 1 aliphatic carbocycles. The molecule has 4 aromatic heterocycles. The molecule has 0 amide bonds. The Morgan fingerprint density at radius 1 is 1.19 bits per heavy atom. The van der Waals surface area contributed by atoms with E-state index in [2.05, 4.69) is 43.5 Å². The predicted octanol–water partition coefficient (Wildman–Crippen LogP) is 5.40. The number of halogens is 1. The molecule has 7 heteroatoms. The van der Waals surface area contributed by atoms with Gasteiger partial charge in [0.1, 0.15) is 10.6 Å². The second kappa shape index (κ2) is 6.32. The lowest BCUT2D eigenvalue weighted by Crippen LogP contribution is -2.11. The van der Waals surface area contributed by atoms with Crippen molar-refractivity contribution in [3.8, 4) is 11.1 Å². The van der Waals surface area contributed by atoms with Crippen molar-refractivity contribution < 1.29 is 0 Å². The topological polar surface area (TPSA) is 69.1 Å². The Balaban J connectivity index is 1.69. The molecule has 0 unspecified atom stereocenters. The Morgan fingerprint density at radius 2 is 2.04 bits per heavy atom. The van der Waals surface area contributed by atoms with Crippen molar-refractivity contribution in [2.45, 2.75) is 38.0 Å². The molecule has 1 fully saturated rings. The molecule has 0 spiro atoms. The molecule has 1 saturated carbocycles. The zero-order chi connectivity index (χ0) is 17.7. The van der Waals surface area contributed by atoms with Gasteiger partial charge in [-0.2, -0.15) is 9.61 Å². The highest BCUT2D eigenvalue weighted by Gasteiger charge is 2.24. The number of thiophene rings is 1. The molecule has 2 N–H and O–H groups in total. The van der Waals surface area contributed by atoms with Gasteiger partial charge in [-0.15, -0.1) is 11.3 Å². The van der Waals surface area contributed by atoms with Crippen LogP contribution in [0.3, 0.4) is 0 Å². The minimum Gasteiger partial charge on any atom is -0.383 e. The average molecular weight is 428 g/mol. The first kappa shape index (κ1) is 16.2. The van der Waals surface area contributed by atoms with E-state index in [1.807, 2.05) is 12.4 Å². The second-order valence-electron chi connectivity index (χ2n) is 6.86. The van der Waals surface area contributed by atoms with Crippen molar-refractivity contribution in [3.63, 3.8) is 0 Å². The maximum absolute atomic E-state index is 6.39. The van der Waals surface area contributed by atoms with Gasteiger partial charge in [-0.05, 0) is 46.3 Å². The molecule has 0 aromatic carbocycles. The van der Waals surface area contributed by atoms with E-state index in [1.54, 1.807) is 15.9 Å². The SMILES string of the molecule is Nc1c(Br)c(C2CCCCC2)nc2c(-c3cnc4sccc4c3)cnn12. The van der Waals surface area contributed by atoms with E-state index < -0.39 is 0 Å². The molecule has 0 atom stereocenters. The maximum Gasteiger partial charge on any atom is 0.165 e. The highest BCUT2D eigenvalue weighted by atomic mass is 79.9. The minimum atomic E-state index is 0.464. The fraction of sp³-hybridized carbons (Fsp3) is 0.316. The molecule has 5 rings (SSSR count). The first-order valence-corrected chi connectivity index (χ1v) is 10.6. The van der Waals surface area contributed by atoms with Crippen LogP contribution < -0.4 is 5.73 Å². The normalized spacial score (nSPS) is 15.9. The van der Waals surface area contributed by atoms with Crippen LogP contribution >= 0.6 is 27.3 Å². The van der Waals surface area contributed by atoms with E-state index in [-0.39, 0.29) is 0 Å². The number of rotatable bonds is 2. The summed E-state index contributed by atoms with van der Waals surface area (Å²) in [5.74, 6) is 1.08. The summed E-state index contributed by atoms with van der Waals surface area (Å²) >= 11 is 5.32. The van der Waals surface area contributed by atoms with Crippen molar-refractivity contribution in [3.05, 3.63) is 40.1 Å². The number of hydrogen-bond acceptors (Lipinski definition) is 5. The van der Waals surface area contributed by atoms with Crippen LogP contribution in [0, 0.1) is 0 Å². The van der Waals surface area contributed by atoms with Crippen molar-refractivity contribution in [1.82, 2.24) is 19.6 Å². The number of aromatic nitrogens is 4. The van der Waals surface area contributed by atoms with Gasteiger partial charge in [0, 0.05) is 28.6 Å². The standard InChI is InChI=1S/C19H18BrN5S/c20-15-16(11-4-2-1-3-5-11)24-18-14(10-23-25(18)17(15)21)13-8-12-6-7-26-19(12)22-9-13/h6-11H,1-5,21H2. The molecule has 0 radical (unpaired) electrons. The zero-order valence-corrected chi connectivity index (χ0v) is 16.6. The third-order valence-electron chi connectivity index (χ3n) is 5.26. The summed E-state index contributed by atoms with van der Waals surface area (Å²) in [4.78, 5) is 10.6. The molecule has 132 valence electrons. The van der Waals surface area contributed by atoms with Crippen LogP contribution in [-0.2, 0) is 0 Å². The lowest BCUT2D eigenvalue weighted by atomic mass is 9.87. The smallest absolute Gasteiger partial charge is 0.165 e. The first-order chi connectivity index (χ1) is 12.7. The number of pyridine rings is 1. The number of anilines is 1. The van der Waals surface area contributed by atoms with Crippen LogP contribution in [0.15, 0.2) is 34.4 Å². The van der Waals surface area contributed by atoms with Gasteiger partial charge in [-0.3, -0.25) is 0 Å². The maximum atomic E-state index is 6.39. The number of nitrogen functional groups attached to an aromatic ring is 1. The average Bonchev–Trinajstić information content (AvgIpc) is 3.31. The van der Waals surface area contributed by atoms with E-state index in [0.29, 0.717) is 11.7 Å². The Labute approximate surface area is 163 Å². The molecule has 0 aliphatic heterocycles. The van der Waals surface area contributed by atoms with E-state index in [0.717, 1.165) is 37.2 Å². The largest absolute Gasteiger partial charge is 0.383 e. The van der Waals surface area contributed by atoms with Gasteiger partial charge < -0.3 is 5.73 Å². The van der Waals surface area contributed by atoms with E-state index >= 15 is 0 Å².